The average molecular weight is 466 g/mol. The SMILES string of the molecule is CCCCCCCCCCCCCCCCC(=O)NCCCCCCCCCCCCCC. The second kappa shape index (κ2) is 29.5. The smallest absolute Gasteiger partial charge is 0.219 e. The van der Waals surface area contributed by atoms with Gasteiger partial charge in [-0.05, 0) is 12.8 Å². The highest BCUT2D eigenvalue weighted by atomic mass is 16.1. The monoisotopic (exact) mass is 465 g/mol. The van der Waals surface area contributed by atoms with Crippen molar-refractivity contribution in [2.24, 2.45) is 0 Å². The first-order valence-electron chi connectivity index (χ1n) is 15.6. The van der Waals surface area contributed by atoms with Crippen LogP contribution in [0.1, 0.15) is 187 Å². The fraction of sp³-hybridized carbons (Fsp3) is 0.968. The lowest BCUT2D eigenvalue weighted by atomic mass is 10.0. The van der Waals surface area contributed by atoms with Crippen LogP contribution in [0.2, 0.25) is 0 Å². The Morgan fingerprint density at radius 1 is 0.394 bits per heavy atom. The number of unbranched alkanes of at least 4 members (excludes halogenated alkanes) is 24. The minimum atomic E-state index is 0.275. The third kappa shape index (κ3) is 29.4. The van der Waals surface area contributed by atoms with Crippen molar-refractivity contribution in [3.8, 4) is 0 Å². The molecule has 0 radical (unpaired) electrons. The summed E-state index contributed by atoms with van der Waals surface area (Å²) in [5, 5.41) is 3.13. The molecule has 0 aliphatic rings. The Hall–Kier alpha value is -0.530. The van der Waals surface area contributed by atoms with Gasteiger partial charge in [-0.2, -0.15) is 0 Å². The van der Waals surface area contributed by atoms with Crippen LogP contribution in [0.15, 0.2) is 0 Å². The van der Waals surface area contributed by atoms with Crippen molar-refractivity contribution >= 4 is 5.91 Å². The highest BCUT2D eigenvalue weighted by molar-refractivity contribution is 5.75. The number of hydrogen-bond donors (Lipinski definition) is 1. The van der Waals surface area contributed by atoms with Gasteiger partial charge in [-0.25, -0.2) is 0 Å². The van der Waals surface area contributed by atoms with E-state index in [0.29, 0.717) is 0 Å². The van der Waals surface area contributed by atoms with E-state index in [2.05, 4.69) is 19.2 Å². The molecule has 0 aromatic heterocycles. The molecule has 0 saturated heterocycles. The lowest BCUT2D eigenvalue weighted by molar-refractivity contribution is -0.121. The molecule has 2 heteroatoms. The number of carbonyl (C=O) groups excluding carboxylic acids is 1. The zero-order valence-electron chi connectivity index (χ0n) is 23.2. The van der Waals surface area contributed by atoms with E-state index in [-0.39, 0.29) is 5.91 Å². The molecule has 1 N–H and O–H groups in total. The zero-order valence-corrected chi connectivity index (χ0v) is 23.2. The van der Waals surface area contributed by atoms with Crippen molar-refractivity contribution in [3.63, 3.8) is 0 Å². The van der Waals surface area contributed by atoms with E-state index in [4.69, 9.17) is 0 Å². The Balaban J connectivity index is 3.14. The molecule has 0 aromatic rings. The minimum Gasteiger partial charge on any atom is -0.356 e. The molecule has 33 heavy (non-hydrogen) atoms. The number of amides is 1. The van der Waals surface area contributed by atoms with E-state index in [1.807, 2.05) is 0 Å². The van der Waals surface area contributed by atoms with Crippen LogP contribution in [0.25, 0.3) is 0 Å². The third-order valence-electron chi connectivity index (χ3n) is 7.11. The van der Waals surface area contributed by atoms with Crippen LogP contribution in [0.4, 0.5) is 0 Å². The molecule has 0 aliphatic heterocycles. The zero-order chi connectivity index (χ0) is 24.1. The molecule has 0 saturated carbocycles. The van der Waals surface area contributed by atoms with Gasteiger partial charge < -0.3 is 5.32 Å². The first-order valence-corrected chi connectivity index (χ1v) is 15.6. The van der Waals surface area contributed by atoms with Gasteiger partial charge in [0.2, 0.25) is 5.91 Å². The molecule has 0 fully saturated rings. The minimum absolute atomic E-state index is 0.275. The summed E-state index contributed by atoms with van der Waals surface area (Å²) in [6, 6.07) is 0. The summed E-state index contributed by atoms with van der Waals surface area (Å²) >= 11 is 0. The van der Waals surface area contributed by atoms with Gasteiger partial charge in [0.25, 0.3) is 0 Å². The molecule has 0 bridgehead atoms. The largest absolute Gasteiger partial charge is 0.356 e. The molecule has 0 spiro atoms. The van der Waals surface area contributed by atoms with Gasteiger partial charge in [-0.1, -0.05) is 168 Å². The molecule has 0 aliphatic carbocycles. The topological polar surface area (TPSA) is 29.1 Å². The molecule has 0 rings (SSSR count). The Morgan fingerprint density at radius 3 is 1.00 bits per heavy atom. The fourth-order valence-electron chi connectivity index (χ4n) is 4.76. The van der Waals surface area contributed by atoms with Crippen molar-refractivity contribution in [2.75, 3.05) is 6.54 Å². The van der Waals surface area contributed by atoms with Gasteiger partial charge in [0.1, 0.15) is 0 Å². The molecule has 0 unspecified atom stereocenters. The fourth-order valence-corrected chi connectivity index (χ4v) is 4.76. The molecule has 198 valence electrons. The second-order valence-electron chi connectivity index (χ2n) is 10.6. The van der Waals surface area contributed by atoms with Crippen molar-refractivity contribution in [1.82, 2.24) is 5.32 Å². The molecule has 0 heterocycles. The molecule has 1 amide bonds. The van der Waals surface area contributed by atoms with E-state index < -0.39 is 0 Å². The van der Waals surface area contributed by atoms with Crippen LogP contribution in [0, 0.1) is 0 Å². The summed E-state index contributed by atoms with van der Waals surface area (Å²) in [4.78, 5) is 12.0. The highest BCUT2D eigenvalue weighted by Gasteiger charge is 2.01. The van der Waals surface area contributed by atoms with E-state index in [0.717, 1.165) is 25.8 Å². The van der Waals surface area contributed by atoms with Crippen molar-refractivity contribution in [2.45, 2.75) is 187 Å². The van der Waals surface area contributed by atoms with E-state index in [9.17, 15) is 4.79 Å². The van der Waals surface area contributed by atoms with Crippen molar-refractivity contribution in [3.05, 3.63) is 0 Å². The van der Waals surface area contributed by atoms with Crippen LogP contribution in [-0.4, -0.2) is 12.5 Å². The summed E-state index contributed by atoms with van der Waals surface area (Å²) in [5.74, 6) is 0.275. The van der Waals surface area contributed by atoms with Gasteiger partial charge in [-0.3, -0.25) is 4.79 Å². The van der Waals surface area contributed by atoms with Gasteiger partial charge in [0, 0.05) is 13.0 Å². The maximum atomic E-state index is 12.0. The van der Waals surface area contributed by atoms with Crippen LogP contribution < -0.4 is 5.32 Å². The second-order valence-corrected chi connectivity index (χ2v) is 10.6. The summed E-state index contributed by atoms with van der Waals surface area (Å²) < 4.78 is 0. The van der Waals surface area contributed by atoms with Crippen LogP contribution >= 0.6 is 0 Å². The molecule has 0 aromatic carbocycles. The van der Waals surface area contributed by atoms with Gasteiger partial charge in [-0.15, -0.1) is 0 Å². The van der Waals surface area contributed by atoms with Gasteiger partial charge in [0.05, 0.1) is 0 Å². The molecular weight excluding hydrogens is 402 g/mol. The first-order chi connectivity index (χ1) is 16.3. The van der Waals surface area contributed by atoms with Crippen molar-refractivity contribution < 1.29 is 4.79 Å². The number of nitrogens with one attached hydrogen (secondary N) is 1. The maximum Gasteiger partial charge on any atom is 0.219 e. The van der Waals surface area contributed by atoms with E-state index in [1.54, 1.807) is 0 Å². The van der Waals surface area contributed by atoms with Crippen molar-refractivity contribution in [1.29, 1.82) is 0 Å². The quantitative estimate of drug-likeness (QED) is 0.114. The van der Waals surface area contributed by atoms with E-state index in [1.165, 1.54) is 154 Å². The molecule has 2 nitrogen and oxygen atoms in total. The Bertz CT molecular complexity index is 368. The van der Waals surface area contributed by atoms with Gasteiger partial charge >= 0.3 is 0 Å². The van der Waals surface area contributed by atoms with E-state index >= 15 is 0 Å². The number of carbonyl (C=O) groups is 1. The highest BCUT2D eigenvalue weighted by Crippen LogP contribution is 2.14. The number of rotatable bonds is 28. The van der Waals surface area contributed by atoms with Crippen LogP contribution in [0.3, 0.4) is 0 Å². The summed E-state index contributed by atoms with van der Waals surface area (Å²) in [7, 11) is 0. The Labute approximate surface area is 209 Å². The summed E-state index contributed by atoms with van der Waals surface area (Å²) in [6.07, 6.45) is 36.4. The molecule has 0 atom stereocenters. The summed E-state index contributed by atoms with van der Waals surface area (Å²) in [6.45, 7) is 5.46. The maximum absolute atomic E-state index is 12.0. The first kappa shape index (κ1) is 32.5. The average Bonchev–Trinajstić information content (AvgIpc) is 2.82. The predicted octanol–water partition coefficient (Wildman–Crippen LogP) is 10.7. The van der Waals surface area contributed by atoms with Crippen LogP contribution in [-0.2, 0) is 4.79 Å². The Morgan fingerprint density at radius 2 is 0.667 bits per heavy atom. The standard InChI is InChI=1S/C31H63NO/c1-3-5-7-9-11-13-15-17-18-19-21-23-25-27-29-31(33)32-30-28-26-24-22-20-16-14-12-10-8-6-4-2/h3-30H2,1-2H3,(H,32,33). The molecular formula is C31H63NO. The van der Waals surface area contributed by atoms with Gasteiger partial charge in [0.15, 0.2) is 0 Å². The lowest BCUT2D eigenvalue weighted by Crippen LogP contribution is -2.23. The Kier molecular flexibility index (Phi) is 29.0. The van der Waals surface area contributed by atoms with Crippen LogP contribution in [0.5, 0.6) is 0 Å². The number of hydrogen-bond acceptors (Lipinski definition) is 1. The third-order valence-corrected chi connectivity index (χ3v) is 7.11. The summed E-state index contributed by atoms with van der Waals surface area (Å²) in [5.41, 5.74) is 0. The lowest BCUT2D eigenvalue weighted by Gasteiger charge is -2.06. The predicted molar refractivity (Wildman–Crippen MR) is 149 cm³/mol. The normalized spacial score (nSPS) is 11.2.